The van der Waals surface area contributed by atoms with Gasteiger partial charge in [0.2, 0.25) is 29.5 Å². The number of carbonyl (C=O) groups excluding carboxylic acids is 8. The highest BCUT2D eigenvalue weighted by atomic mass is 16.7. The molecule has 5 rings (SSSR count). The van der Waals surface area contributed by atoms with E-state index in [1.807, 2.05) is 48.5 Å². The summed E-state index contributed by atoms with van der Waals surface area (Å²) in [5, 5.41) is 7.98. The molecule has 0 unspecified atom stereocenters. The molecule has 0 aromatic heterocycles. The fourth-order valence-corrected chi connectivity index (χ4v) is 6.23. The number of amides is 7. The van der Waals surface area contributed by atoms with E-state index in [0.29, 0.717) is 35.6 Å². The Labute approximate surface area is 306 Å². The Morgan fingerprint density at radius 1 is 0.849 bits per heavy atom. The minimum absolute atomic E-state index is 0.0724. The van der Waals surface area contributed by atoms with Crippen LogP contribution in [0.2, 0.25) is 0 Å². The predicted molar refractivity (Wildman–Crippen MR) is 189 cm³/mol. The first-order valence-corrected chi connectivity index (χ1v) is 17.7. The van der Waals surface area contributed by atoms with Crippen molar-refractivity contribution in [3.05, 3.63) is 65.2 Å². The average molecular weight is 727 g/mol. The predicted octanol–water partition coefficient (Wildman–Crippen LogP) is 1.07. The molecule has 3 N–H and O–H groups in total. The van der Waals surface area contributed by atoms with Gasteiger partial charge in [-0.3, -0.25) is 33.6 Å². The minimum Gasteiger partial charge on any atom is -0.347 e. The molecule has 0 saturated carbocycles. The lowest BCUT2D eigenvalue weighted by Gasteiger charge is -2.28. The summed E-state index contributed by atoms with van der Waals surface area (Å²) in [6.45, 7) is 3.16. The van der Waals surface area contributed by atoms with Crippen LogP contribution in [0.3, 0.4) is 0 Å². The Bertz CT molecular complexity index is 1850. The summed E-state index contributed by atoms with van der Waals surface area (Å²) in [6, 6.07) is 12.7. The molecule has 0 bridgehead atoms. The lowest BCUT2D eigenvalue weighted by molar-refractivity contribution is -0.200. The van der Waals surface area contributed by atoms with Crippen LogP contribution in [0.4, 0.5) is 5.69 Å². The van der Waals surface area contributed by atoms with E-state index in [-0.39, 0.29) is 44.7 Å². The number of hydrogen-bond donors (Lipinski definition) is 3. The highest BCUT2D eigenvalue weighted by Crippen LogP contribution is 2.26. The first-order valence-electron chi connectivity index (χ1n) is 17.7. The normalized spacial score (nSPS) is 17.2. The summed E-state index contributed by atoms with van der Waals surface area (Å²) in [6.07, 6.45) is 0.856. The van der Waals surface area contributed by atoms with E-state index >= 15 is 0 Å². The molecule has 3 aliphatic rings. The van der Waals surface area contributed by atoms with Crippen LogP contribution in [0.15, 0.2) is 48.5 Å². The summed E-state index contributed by atoms with van der Waals surface area (Å²) in [5.74, 6) is 1.03. The largest absolute Gasteiger partial charge is 0.355 e. The molecular weight excluding hydrogens is 684 g/mol. The zero-order valence-corrected chi connectivity index (χ0v) is 29.6. The Kier molecular flexibility index (Phi) is 12.6. The van der Waals surface area contributed by atoms with E-state index < -0.39 is 72.5 Å². The van der Waals surface area contributed by atoms with Gasteiger partial charge in [0.05, 0.1) is 25.3 Å². The van der Waals surface area contributed by atoms with Gasteiger partial charge < -0.3 is 30.6 Å². The molecule has 0 spiro atoms. The maximum Gasteiger partial charge on any atom is 0.355 e. The summed E-state index contributed by atoms with van der Waals surface area (Å²) >= 11 is 0. The number of hydroxylamine groups is 2. The quantitative estimate of drug-likeness (QED) is 0.200. The number of hydrogen-bond acceptors (Lipinski definition) is 9. The fourth-order valence-electron chi connectivity index (χ4n) is 6.23. The first-order chi connectivity index (χ1) is 25.5. The van der Waals surface area contributed by atoms with Crippen LogP contribution < -0.4 is 20.9 Å². The molecule has 15 nitrogen and oxygen atoms in total. The molecular formula is C38H42N6O9. The van der Waals surface area contributed by atoms with Crippen molar-refractivity contribution in [2.75, 3.05) is 24.5 Å². The maximum absolute atomic E-state index is 13.4. The van der Waals surface area contributed by atoms with Gasteiger partial charge >= 0.3 is 5.97 Å². The number of benzene rings is 2. The SMILES string of the molecule is CC[C@H](C)[C@H](NC(=O)[C@@H]1CCCN1C(=O)CNC(=O)CNC(=O)CCC(=O)N1Cc2ccccc2C#Cc2ccccc21)C(=O)ON1C(=O)CCC1=O. The number of para-hydroxylation sites is 1. The highest BCUT2D eigenvalue weighted by molar-refractivity contribution is 6.02. The van der Waals surface area contributed by atoms with E-state index in [1.54, 1.807) is 18.7 Å². The van der Waals surface area contributed by atoms with Gasteiger partial charge in [-0.1, -0.05) is 62.4 Å². The number of likely N-dealkylation sites (tertiary alicyclic amines) is 1. The van der Waals surface area contributed by atoms with Gasteiger partial charge in [-0.15, -0.1) is 5.06 Å². The Morgan fingerprint density at radius 2 is 1.51 bits per heavy atom. The fraction of sp³-hybridized carbons (Fsp3) is 0.421. The van der Waals surface area contributed by atoms with Gasteiger partial charge in [-0.2, -0.15) is 0 Å². The third kappa shape index (κ3) is 9.45. The van der Waals surface area contributed by atoms with Crippen LogP contribution in [0.5, 0.6) is 0 Å². The molecule has 2 fully saturated rings. The molecule has 2 aromatic carbocycles. The summed E-state index contributed by atoms with van der Waals surface area (Å²) in [5.41, 5.74) is 3.03. The lowest BCUT2D eigenvalue weighted by Crippen LogP contribution is -2.55. The molecule has 278 valence electrons. The topological polar surface area (TPSA) is 192 Å². The van der Waals surface area contributed by atoms with Gasteiger partial charge in [0.15, 0.2) is 0 Å². The van der Waals surface area contributed by atoms with Crippen LogP contribution >= 0.6 is 0 Å². The standard InChI is InChI=1S/C38H42N6O9/c1-3-24(2)36(38(52)53-44-33(48)18-19-34(44)49)41-37(51)29-13-8-20-42(29)35(50)22-40-31(46)21-39-30(45)16-17-32(47)43-23-27-11-5-4-9-25(27)14-15-26-10-6-7-12-28(26)43/h4-7,9-12,24,29,36H,3,8,13,16-23H2,1-2H3,(H,39,45)(H,40,46)(H,41,51)/t24-,29-,36-/m0/s1. The minimum atomic E-state index is -1.18. The second-order valence-electron chi connectivity index (χ2n) is 13.1. The number of nitrogens with zero attached hydrogens (tertiary/aromatic N) is 3. The third-order valence-corrected chi connectivity index (χ3v) is 9.45. The molecule has 2 saturated heterocycles. The number of nitrogens with one attached hydrogen (secondary N) is 3. The lowest BCUT2D eigenvalue weighted by atomic mass is 9.98. The molecule has 3 heterocycles. The number of imide groups is 1. The number of fused-ring (bicyclic) bond motifs is 2. The molecule has 0 radical (unpaired) electrons. The molecule has 15 heteroatoms. The van der Waals surface area contributed by atoms with E-state index in [2.05, 4.69) is 27.8 Å². The van der Waals surface area contributed by atoms with Gasteiger partial charge in [-0.25, -0.2) is 4.79 Å². The average Bonchev–Trinajstić information content (AvgIpc) is 3.78. The summed E-state index contributed by atoms with van der Waals surface area (Å²) in [4.78, 5) is 110. The smallest absolute Gasteiger partial charge is 0.347 e. The molecule has 3 atom stereocenters. The molecule has 0 aliphatic carbocycles. The summed E-state index contributed by atoms with van der Waals surface area (Å²) in [7, 11) is 0. The molecule has 3 aliphatic heterocycles. The van der Waals surface area contributed by atoms with Crippen molar-refractivity contribution in [2.24, 2.45) is 5.92 Å². The van der Waals surface area contributed by atoms with Gasteiger partial charge in [-0.05, 0) is 42.5 Å². The van der Waals surface area contributed by atoms with Crippen LogP contribution in [-0.4, -0.2) is 89.0 Å². The van der Waals surface area contributed by atoms with E-state index in [4.69, 9.17) is 4.84 Å². The first kappa shape index (κ1) is 38.2. The molecule has 53 heavy (non-hydrogen) atoms. The van der Waals surface area contributed by atoms with Crippen molar-refractivity contribution in [2.45, 2.75) is 77.4 Å². The zero-order chi connectivity index (χ0) is 38.1. The third-order valence-electron chi connectivity index (χ3n) is 9.45. The Hall–Kier alpha value is -6.04. The second-order valence-corrected chi connectivity index (χ2v) is 13.1. The van der Waals surface area contributed by atoms with Crippen molar-refractivity contribution in [1.29, 1.82) is 0 Å². The van der Waals surface area contributed by atoms with Crippen molar-refractivity contribution in [3.63, 3.8) is 0 Å². The van der Waals surface area contributed by atoms with Gasteiger partial charge in [0, 0.05) is 43.4 Å². The van der Waals surface area contributed by atoms with Gasteiger partial charge in [0.1, 0.15) is 12.1 Å². The van der Waals surface area contributed by atoms with Gasteiger partial charge in [0.25, 0.3) is 11.8 Å². The Morgan fingerprint density at radius 3 is 2.25 bits per heavy atom. The zero-order valence-electron chi connectivity index (χ0n) is 29.6. The summed E-state index contributed by atoms with van der Waals surface area (Å²) < 4.78 is 0. The number of carbonyl (C=O) groups is 8. The molecule has 2 aromatic rings. The van der Waals surface area contributed by atoms with Crippen LogP contribution in [-0.2, 0) is 49.7 Å². The number of rotatable bonds is 13. The van der Waals surface area contributed by atoms with E-state index in [9.17, 15) is 38.4 Å². The highest BCUT2D eigenvalue weighted by Gasteiger charge is 2.40. The van der Waals surface area contributed by atoms with E-state index in [0.717, 1.165) is 11.1 Å². The second kappa shape index (κ2) is 17.5. The van der Waals surface area contributed by atoms with Crippen molar-refractivity contribution in [3.8, 4) is 11.8 Å². The number of anilines is 1. The van der Waals surface area contributed by atoms with Crippen LogP contribution in [0.1, 0.15) is 75.5 Å². The van der Waals surface area contributed by atoms with Crippen molar-refractivity contribution < 1.29 is 43.2 Å². The van der Waals surface area contributed by atoms with Crippen molar-refractivity contribution >= 4 is 53.0 Å². The Balaban J connectivity index is 1.08. The molecule has 7 amide bonds. The van der Waals surface area contributed by atoms with Crippen molar-refractivity contribution in [1.82, 2.24) is 25.9 Å². The van der Waals surface area contributed by atoms with E-state index in [1.165, 1.54) is 4.90 Å². The van der Waals surface area contributed by atoms with Crippen LogP contribution in [0.25, 0.3) is 0 Å². The monoisotopic (exact) mass is 726 g/mol. The van der Waals surface area contributed by atoms with Crippen LogP contribution in [0, 0.1) is 17.8 Å². The maximum atomic E-state index is 13.4.